The van der Waals surface area contributed by atoms with Gasteiger partial charge in [-0.25, -0.2) is 4.58 Å². The van der Waals surface area contributed by atoms with Crippen molar-refractivity contribution in [2.45, 2.75) is 253 Å². The molecular weight excluding hydrogens is 1250 g/mol. The number of phosphoric acid groups is 1. The Hall–Kier alpha value is -3.87. The van der Waals surface area contributed by atoms with Crippen molar-refractivity contribution in [3.63, 3.8) is 0 Å². The molecule has 2 aromatic rings. The molecule has 2 amide bonds. The minimum Gasteiger partial charge on any atom is -1.00 e. The van der Waals surface area contributed by atoms with Gasteiger partial charge in [-0.15, -0.1) is 0 Å². The van der Waals surface area contributed by atoms with Crippen molar-refractivity contribution in [3.8, 4) is 22.5 Å². The minimum atomic E-state index is -4.92. The zero-order valence-corrected chi connectivity index (χ0v) is 63.3. The Morgan fingerprint density at radius 2 is 1.07 bits per heavy atom. The van der Waals surface area contributed by atoms with Crippen molar-refractivity contribution in [1.29, 1.82) is 0 Å². The predicted molar refractivity (Wildman–Crippen MR) is 375 cm³/mol. The van der Waals surface area contributed by atoms with Gasteiger partial charge in [-0.05, 0) is 70.4 Å². The molecule has 0 fully saturated rings. The maximum absolute atomic E-state index is 13.9. The number of carbonyl (C=O) groups excluding carboxylic acids is 4. The number of halogens is 1. The molecule has 20 heteroatoms. The van der Waals surface area contributed by atoms with Crippen LogP contribution in [0.25, 0.3) is 33.4 Å². The van der Waals surface area contributed by atoms with Crippen LogP contribution in [-0.2, 0) is 46.9 Å². The summed E-state index contributed by atoms with van der Waals surface area (Å²) in [5, 5.41) is 7.51. The van der Waals surface area contributed by atoms with Crippen molar-refractivity contribution >= 4 is 48.2 Å². The summed E-state index contributed by atoms with van der Waals surface area (Å²) in [4.78, 5) is 67.3. The van der Waals surface area contributed by atoms with Crippen LogP contribution in [0.4, 0.5) is 5.69 Å². The summed E-state index contributed by atoms with van der Waals surface area (Å²) >= 11 is 0. The number of unbranched alkanes of at least 4 members (excludes halogenated alkanes) is 28. The number of benzene rings is 3. The van der Waals surface area contributed by atoms with Gasteiger partial charge in [-0.3, -0.25) is 23.7 Å². The van der Waals surface area contributed by atoms with E-state index in [9.17, 15) is 28.6 Å². The second-order valence-corrected chi connectivity index (χ2v) is 26.2. The van der Waals surface area contributed by atoms with E-state index in [0.29, 0.717) is 18.4 Å². The van der Waals surface area contributed by atoms with Crippen LogP contribution in [0.3, 0.4) is 0 Å². The summed E-state index contributed by atoms with van der Waals surface area (Å²) in [6, 6.07) is 20.1. The molecule has 0 bridgehead atoms. The number of nitrogens with one attached hydrogen (secondary N) is 2. The van der Waals surface area contributed by atoms with Gasteiger partial charge in [0.05, 0.1) is 39.1 Å². The third kappa shape index (κ3) is 37.2. The maximum atomic E-state index is 13.9. The van der Waals surface area contributed by atoms with Crippen LogP contribution in [0.15, 0.2) is 65.1 Å². The van der Waals surface area contributed by atoms with Crippen LogP contribution < -0.4 is 72.3 Å². The largest absolute Gasteiger partial charge is 1.00 e. The van der Waals surface area contributed by atoms with Crippen molar-refractivity contribution in [3.05, 3.63) is 71.6 Å². The molecular formula is C75H121ClN4NaO13P. The van der Waals surface area contributed by atoms with E-state index in [2.05, 4.69) is 98.0 Å². The Balaban J connectivity index is 0.0000154. The maximum Gasteiger partial charge on any atom is 1.00 e. The molecule has 2 aromatic carbocycles. The van der Waals surface area contributed by atoms with Crippen LogP contribution in [-0.4, -0.2) is 115 Å². The average molecular weight is 1380 g/mol. The zero-order valence-electron chi connectivity index (χ0n) is 59.7. The smallest absolute Gasteiger partial charge is 1.00 e. The van der Waals surface area contributed by atoms with E-state index in [1.54, 1.807) is 0 Å². The quantitative estimate of drug-likeness (QED) is 0.0105. The number of nitrogens with zero attached hydrogens (tertiary/aromatic N) is 2. The molecule has 2 aliphatic rings. The molecule has 1 heterocycles. The summed E-state index contributed by atoms with van der Waals surface area (Å²) in [6.45, 7) is 15.3. The summed E-state index contributed by atoms with van der Waals surface area (Å²) in [6.07, 6.45) is 35.5. The number of hydrogen-bond acceptors (Lipinski definition) is 14. The third-order valence-corrected chi connectivity index (χ3v) is 18.3. The molecule has 2 N–H and O–H groups in total. The Kier molecular flexibility index (Phi) is 50.5. The Morgan fingerprint density at radius 1 is 0.558 bits per heavy atom. The zero-order chi connectivity index (χ0) is 67.0. The number of anilines is 1. The van der Waals surface area contributed by atoms with Crippen LogP contribution in [0.1, 0.15) is 257 Å². The molecule has 17 nitrogen and oxygen atoms in total. The first kappa shape index (κ1) is 87.2. The van der Waals surface area contributed by atoms with E-state index in [1.807, 2.05) is 24.3 Å². The number of esters is 2. The molecule has 1 unspecified atom stereocenters. The molecule has 0 aromatic heterocycles. The topological polar surface area (TPSA) is 207 Å². The summed E-state index contributed by atoms with van der Waals surface area (Å²) in [5.41, 5.74) is 4.89. The van der Waals surface area contributed by atoms with Crippen molar-refractivity contribution in [1.82, 2.24) is 15.2 Å². The number of amides is 2. The van der Waals surface area contributed by atoms with E-state index in [-0.39, 0.29) is 107 Å². The van der Waals surface area contributed by atoms with Gasteiger partial charge in [-0.2, -0.15) is 0 Å². The molecule has 0 saturated heterocycles. The van der Waals surface area contributed by atoms with Gasteiger partial charge in [0.25, 0.3) is 13.7 Å². The minimum absolute atomic E-state index is 0. The van der Waals surface area contributed by atoms with Crippen LogP contribution >= 0.6 is 7.82 Å². The number of hydrogen-bond donors (Lipinski definition) is 2. The van der Waals surface area contributed by atoms with Crippen molar-refractivity contribution in [2.24, 2.45) is 0 Å². The van der Waals surface area contributed by atoms with Gasteiger partial charge in [0, 0.05) is 78.9 Å². The second-order valence-electron chi connectivity index (χ2n) is 24.8. The van der Waals surface area contributed by atoms with Crippen LogP contribution in [0, 0.1) is 0 Å². The number of fused-ring (bicyclic) bond motifs is 2. The molecule has 0 spiro atoms. The van der Waals surface area contributed by atoms with Crippen LogP contribution in [0.2, 0.25) is 0 Å². The summed E-state index contributed by atoms with van der Waals surface area (Å²) < 4.78 is 54.2. The van der Waals surface area contributed by atoms with Crippen molar-refractivity contribution in [2.75, 3.05) is 90.4 Å². The average Bonchev–Trinajstić information content (AvgIpc) is 0.751. The third-order valence-electron chi connectivity index (χ3n) is 17.3. The first-order valence-electron chi connectivity index (χ1n) is 36.5. The summed E-state index contributed by atoms with van der Waals surface area (Å²) in [5.74, 6) is -0.987. The molecule has 1 aliphatic heterocycles. The number of carbonyl (C=O) groups is 4. The first-order valence-corrected chi connectivity index (χ1v) is 37.9. The number of rotatable bonds is 57. The van der Waals surface area contributed by atoms with E-state index >= 15 is 0 Å². The Bertz CT molecular complexity index is 2780. The van der Waals surface area contributed by atoms with E-state index < -0.39 is 45.0 Å². The first-order chi connectivity index (χ1) is 45.4. The van der Waals surface area contributed by atoms with Gasteiger partial charge in [0.2, 0.25) is 11.3 Å². The molecule has 0 radical (unpaired) electrons. The van der Waals surface area contributed by atoms with Gasteiger partial charge in [-0.1, -0.05) is 212 Å². The fourth-order valence-corrected chi connectivity index (χ4v) is 12.6. The van der Waals surface area contributed by atoms with E-state index in [4.69, 9.17) is 32.4 Å². The molecule has 1 aliphatic carbocycles. The molecule has 95 heavy (non-hydrogen) atoms. The summed E-state index contributed by atoms with van der Waals surface area (Å²) in [7, 11) is -4.92. The monoisotopic (exact) mass is 1370 g/mol. The molecule has 4 rings (SSSR count). The van der Waals surface area contributed by atoms with E-state index in [1.165, 1.54) is 141 Å². The van der Waals surface area contributed by atoms with Gasteiger partial charge in [0.1, 0.15) is 37.6 Å². The van der Waals surface area contributed by atoms with E-state index in [0.717, 1.165) is 109 Å². The standard InChI is InChI=1S/C75H121N4O13P.ClH.Na/c1-7-13-15-17-19-21-23-25-27-29-31-33-35-37-39-45-72(81)88-59-64(91-73(82)46-40-38-36-34-32-30-28-26-24-22-20-18-16-14-8-2)60-90-93(84,85)89-54-52-76-71(80)61-87-56-55-86-53-51-77-75(83)66-44-42-41-43-65(66)74-67-49-47-62(78(9-3)10-4)57-69(67)92-70-58-63(48-50-68(70)74)79(11-5)12-6;;/h41-44,47-50,57-58,64H,7-40,45-46,51-56,59-61H2,1-6H3,(H2-,76,77,80,83,84,85);1H;/q;;+1/p-1/t64-;;/m1../s1. The molecule has 532 valence electrons. The van der Waals surface area contributed by atoms with Gasteiger partial charge >= 0.3 is 41.5 Å². The predicted octanol–water partition coefficient (Wildman–Crippen LogP) is 10.2. The second kappa shape index (κ2) is 55.0. The SMILES string of the molecule is CCCCCCCCCCCCCCCCCC(=O)OC[C@H](COP(=O)([O-])OCCNC(=O)COCCOCCNC(=O)c1ccccc1-c1c2ccc(=[N+](CC)CC)cc-2oc2cc(N(CC)CC)ccc12)OC(=O)CCCCCCCCCCCCCCCCC.[Cl-].[Na+]. The molecule has 2 atom stereocenters. The Labute approximate surface area is 600 Å². The Morgan fingerprint density at radius 3 is 1.62 bits per heavy atom. The fraction of sp³-hybridized carbons (Fsp3) is 0.693. The van der Waals surface area contributed by atoms with Gasteiger partial charge < -0.3 is 65.2 Å². The van der Waals surface area contributed by atoms with Gasteiger partial charge in [0.15, 0.2) is 6.10 Å². The number of phosphoric ester groups is 1. The molecule has 0 saturated carbocycles. The fourth-order valence-electron chi connectivity index (χ4n) is 11.9. The normalized spacial score (nSPS) is 12.2. The van der Waals surface area contributed by atoms with Crippen molar-refractivity contribution < 1.29 is 103 Å². The van der Waals surface area contributed by atoms with Crippen LogP contribution in [0.5, 0.6) is 0 Å². The number of ether oxygens (including phenoxy) is 4.